The normalized spacial score (nSPS) is 15.0. The van der Waals surface area contributed by atoms with Crippen LogP contribution in [0.3, 0.4) is 0 Å². The highest BCUT2D eigenvalue weighted by molar-refractivity contribution is 6.36. The van der Waals surface area contributed by atoms with Gasteiger partial charge in [-0.25, -0.2) is 0 Å². The molecule has 1 amide bonds. The van der Waals surface area contributed by atoms with Crippen LogP contribution < -0.4 is 5.73 Å². The Morgan fingerprint density at radius 1 is 0.972 bits per heavy atom. The molecule has 190 valence electrons. The van der Waals surface area contributed by atoms with E-state index in [0.29, 0.717) is 17.0 Å². The molecular formula is C29H32Cl2N2O3. The summed E-state index contributed by atoms with van der Waals surface area (Å²) in [5, 5.41) is 10.5. The first-order valence-corrected chi connectivity index (χ1v) is 12.8. The van der Waals surface area contributed by atoms with Gasteiger partial charge in [-0.1, -0.05) is 83.9 Å². The van der Waals surface area contributed by atoms with E-state index in [0.717, 1.165) is 30.6 Å². The van der Waals surface area contributed by atoms with E-state index in [2.05, 4.69) is 18.7 Å². The fraction of sp³-hybridized carbons (Fsp3) is 0.345. The van der Waals surface area contributed by atoms with E-state index in [1.165, 1.54) is 6.07 Å². The summed E-state index contributed by atoms with van der Waals surface area (Å²) < 4.78 is 6.03. The minimum absolute atomic E-state index is 0.00852. The Balaban J connectivity index is 1.44. The van der Waals surface area contributed by atoms with Crippen molar-refractivity contribution in [1.82, 2.24) is 4.90 Å². The maximum Gasteiger partial charge on any atom is 0.232 e. The van der Waals surface area contributed by atoms with Gasteiger partial charge in [-0.05, 0) is 49.9 Å². The van der Waals surface area contributed by atoms with Gasteiger partial charge >= 0.3 is 0 Å². The van der Waals surface area contributed by atoms with Crippen LogP contribution in [0.2, 0.25) is 10.0 Å². The molecule has 3 aromatic carbocycles. The van der Waals surface area contributed by atoms with Crippen LogP contribution in [0, 0.1) is 0 Å². The first-order valence-electron chi connectivity index (χ1n) is 12.1. The molecule has 0 saturated carbocycles. The number of phenolic OH excluding ortho intramolecular Hbond substituents is 1. The van der Waals surface area contributed by atoms with Crippen molar-refractivity contribution in [2.24, 2.45) is 5.73 Å². The van der Waals surface area contributed by atoms with Gasteiger partial charge in [0.1, 0.15) is 5.75 Å². The van der Waals surface area contributed by atoms with E-state index >= 15 is 0 Å². The van der Waals surface area contributed by atoms with Crippen molar-refractivity contribution < 1.29 is 14.6 Å². The summed E-state index contributed by atoms with van der Waals surface area (Å²) >= 11 is 12.4. The quantitative estimate of drug-likeness (QED) is 0.343. The third-order valence-corrected chi connectivity index (χ3v) is 8.17. The fourth-order valence-electron chi connectivity index (χ4n) is 4.92. The molecule has 1 aliphatic rings. The summed E-state index contributed by atoms with van der Waals surface area (Å²) in [5.41, 5.74) is 7.44. The molecule has 36 heavy (non-hydrogen) atoms. The number of rotatable bonds is 10. The third kappa shape index (κ3) is 5.25. The van der Waals surface area contributed by atoms with Crippen molar-refractivity contribution in [3.63, 3.8) is 0 Å². The second kappa shape index (κ2) is 10.8. The predicted octanol–water partition coefficient (Wildman–Crippen LogP) is 5.93. The summed E-state index contributed by atoms with van der Waals surface area (Å²) in [6, 6.07) is 22.7. The highest BCUT2D eigenvalue weighted by atomic mass is 35.5. The van der Waals surface area contributed by atoms with E-state index in [4.69, 9.17) is 33.7 Å². The molecule has 1 aliphatic heterocycles. The zero-order valence-corrected chi connectivity index (χ0v) is 22.1. The van der Waals surface area contributed by atoms with Crippen molar-refractivity contribution in [3.05, 3.63) is 99.5 Å². The topological polar surface area (TPSA) is 75.8 Å². The molecule has 0 atom stereocenters. The van der Waals surface area contributed by atoms with Gasteiger partial charge in [0.25, 0.3) is 0 Å². The van der Waals surface area contributed by atoms with Crippen molar-refractivity contribution >= 4 is 29.1 Å². The predicted molar refractivity (Wildman–Crippen MR) is 144 cm³/mol. The van der Waals surface area contributed by atoms with Crippen molar-refractivity contribution in [3.8, 4) is 5.75 Å². The van der Waals surface area contributed by atoms with Crippen LogP contribution in [-0.2, 0) is 21.6 Å². The lowest BCUT2D eigenvalue weighted by Crippen LogP contribution is -2.61. The lowest BCUT2D eigenvalue weighted by Gasteiger charge is -2.50. The maximum absolute atomic E-state index is 13.1. The monoisotopic (exact) mass is 526 g/mol. The number of primary amides is 1. The summed E-state index contributed by atoms with van der Waals surface area (Å²) in [4.78, 5) is 15.4. The highest BCUT2D eigenvalue weighted by Crippen LogP contribution is 2.40. The Morgan fingerprint density at radius 3 is 2.06 bits per heavy atom. The lowest BCUT2D eigenvalue weighted by molar-refractivity contribution is -0.123. The molecule has 0 aromatic heterocycles. The van der Waals surface area contributed by atoms with Gasteiger partial charge in [-0.2, -0.15) is 0 Å². The average Bonchev–Trinajstić information content (AvgIpc) is 2.84. The fourth-order valence-corrected chi connectivity index (χ4v) is 5.40. The molecule has 7 heteroatoms. The minimum Gasteiger partial charge on any atom is -0.506 e. The van der Waals surface area contributed by atoms with Crippen LogP contribution in [0.25, 0.3) is 0 Å². The van der Waals surface area contributed by atoms with E-state index in [9.17, 15) is 9.90 Å². The van der Waals surface area contributed by atoms with E-state index in [1.54, 1.807) is 6.07 Å². The number of nitrogens with two attached hydrogens (primary N) is 1. The highest BCUT2D eigenvalue weighted by Gasteiger charge is 2.44. The zero-order chi connectivity index (χ0) is 25.9. The van der Waals surface area contributed by atoms with Gasteiger partial charge in [0.2, 0.25) is 5.91 Å². The second-order valence-electron chi connectivity index (χ2n) is 10.0. The number of amides is 1. The van der Waals surface area contributed by atoms with Crippen LogP contribution in [0.5, 0.6) is 5.75 Å². The maximum atomic E-state index is 13.1. The number of likely N-dealkylation sites (tertiary alicyclic amines) is 1. The Morgan fingerprint density at radius 2 is 1.53 bits per heavy atom. The largest absolute Gasteiger partial charge is 0.506 e. The van der Waals surface area contributed by atoms with Gasteiger partial charge in [0.15, 0.2) is 0 Å². The average molecular weight is 527 g/mol. The van der Waals surface area contributed by atoms with Crippen molar-refractivity contribution in [1.29, 1.82) is 0 Å². The van der Waals surface area contributed by atoms with Crippen molar-refractivity contribution in [2.75, 3.05) is 13.1 Å². The molecule has 3 aromatic rings. The van der Waals surface area contributed by atoms with Gasteiger partial charge < -0.3 is 15.6 Å². The summed E-state index contributed by atoms with van der Waals surface area (Å²) in [5.74, 6) is -0.355. The molecule has 3 N–H and O–H groups in total. The number of phenols is 1. The smallest absolute Gasteiger partial charge is 0.232 e. The molecule has 1 fully saturated rings. The van der Waals surface area contributed by atoms with E-state index < -0.39 is 5.41 Å². The lowest BCUT2D eigenvalue weighted by atomic mass is 9.69. The molecule has 0 unspecified atom stereocenters. The number of benzene rings is 3. The van der Waals surface area contributed by atoms with Crippen LogP contribution in [0.1, 0.15) is 43.4 Å². The Kier molecular flexibility index (Phi) is 7.96. The summed E-state index contributed by atoms with van der Waals surface area (Å²) in [6.07, 6.45) is 1.37. The number of ether oxygens (including phenoxy) is 1. The standard InChI is InChI=1S/C29H32Cl2N2O3/c1-28(2,33-17-22(18-33)36-19-23-24(30)13-14-25(34)26(23)31)15-16-29(27(32)35,20-9-5-3-6-10-20)21-11-7-4-8-12-21/h3-14,22,34H,15-19H2,1-2H3,(H2,32,35). The first kappa shape index (κ1) is 26.5. The van der Waals surface area contributed by atoms with Crippen LogP contribution in [-0.4, -0.2) is 40.6 Å². The van der Waals surface area contributed by atoms with E-state index in [1.807, 2.05) is 60.7 Å². The molecule has 0 bridgehead atoms. The second-order valence-corrected chi connectivity index (χ2v) is 10.8. The molecule has 0 aliphatic carbocycles. The number of nitrogens with zero attached hydrogens (tertiary/aromatic N) is 1. The van der Waals surface area contributed by atoms with Crippen LogP contribution in [0.4, 0.5) is 0 Å². The Bertz CT molecular complexity index is 1160. The number of hydrogen-bond acceptors (Lipinski definition) is 4. The van der Waals surface area contributed by atoms with Crippen LogP contribution in [0.15, 0.2) is 72.8 Å². The van der Waals surface area contributed by atoms with Gasteiger partial charge in [0, 0.05) is 29.2 Å². The Labute approximate surface area is 222 Å². The number of aromatic hydroxyl groups is 1. The molecule has 1 saturated heterocycles. The minimum atomic E-state index is -0.913. The first-order chi connectivity index (χ1) is 17.1. The number of halogens is 2. The van der Waals surface area contributed by atoms with Gasteiger partial charge in [-0.3, -0.25) is 9.69 Å². The summed E-state index contributed by atoms with van der Waals surface area (Å²) in [7, 11) is 0. The molecule has 0 spiro atoms. The third-order valence-electron chi connectivity index (χ3n) is 7.40. The molecule has 1 heterocycles. The zero-order valence-electron chi connectivity index (χ0n) is 20.6. The number of carbonyl (C=O) groups is 1. The summed E-state index contributed by atoms with van der Waals surface area (Å²) in [6.45, 7) is 6.11. The Hall–Kier alpha value is -2.57. The SMILES string of the molecule is CC(C)(CCC(C(N)=O)(c1ccccc1)c1ccccc1)N1CC(OCc2c(Cl)ccc(O)c2Cl)C1. The van der Waals surface area contributed by atoms with Gasteiger partial charge in [-0.15, -0.1) is 0 Å². The molecular weight excluding hydrogens is 495 g/mol. The molecule has 4 rings (SSSR count). The van der Waals surface area contributed by atoms with Crippen LogP contribution >= 0.6 is 23.2 Å². The molecule has 5 nitrogen and oxygen atoms in total. The number of carbonyl (C=O) groups excluding carboxylic acids is 1. The van der Waals surface area contributed by atoms with E-state index in [-0.39, 0.29) is 34.9 Å². The molecule has 0 radical (unpaired) electrons. The number of hydrogen-bond donors (Lipinski definition) is 2. The van der Waals surface area contributed by atoms with Crippen molar-refractivity contribution in [2.45, 2.75) is 50.4 Å². The van der Waals surface area contributed by atoms with Gasteiger partial charge in [0.05, 0.1) is 23.1 Å².